The molecule has 1 aliphatic carbocycles. The van der Waals surface area contributed by atoms with Crippen LogP contribution in [-0.2, 0) is 15.9 Å². The quantitative estimate of drug-likeness (QED) is 0.597. The molecule has 1 aromatic rings. The number of hydrogen-bond donors (Lipinski definition) is 0. The van der Waals surface area contributed by atoms with Gasteiger partial charge in [0, 0.05) is 43.6 Å². The molecule has 3 heterocycles. The van der Waals surface area contributed by atoms with Crippen LogP contribution in [0.2, 0.25) is 0 Å². The average Bonchev–Trinajstić information content (AvgIpc) is 2.95. The molecule has 5 heteroatoms. The zero-order valence-electron chi connectivity index (χ0n) is 20.9. The van der Waals surface area contributed by atoms with Crippen molar-refractivity contribution < 1.29 is 14.2 Å². The van der Waals surface area contributed by atoms with Crippen molar-refractivity contribution in [2.75, 3.05) is 40.0 Å². The second-order valence-corrected chi connectivity index (χ2v) is 11.1. The molecular weight excluding hydrogens is 412 g/mol. The Kier molecular flexibility index (Phi) is 6.86. The second kappa shape index (κ2) is 9.69. The number of rotatable bonds is 5. The van der Waals surface area contributed by atoms with Gasteiger partial charge < -0.3 is 19.1 Å². The van der Waals surface area contributed by atoms with E-state index in [1.807, 2.05) is 0 Å². The van der Waals surface area contributed by atoms with E-state index in [1.54, 1.807) is 0 Å². The first-order valence-electron chi connectivity index (χ1n) is 13.1. The van der Waals surface area contributed by atoms with Gasteiger partial charge in [-0.25, -0.2) is 0 Å². The van der Waals surface area contributed by atoms with E-state index in [4.69, 9.17) is 14.2 Å². The Bertz CT molecular complexity index is 814. The molecule has 0 aromatic heterocycles. The molecule has 1 saturated carbocycles. The van der Waals surface area contributed by atoms with Gasteiger partial charge >= 0.3 is 0 Å². The van der Waals surface area contributed by atoms with Crippen LogP contribution in [0.5, 0.6) is 5.75 Å². The van der Waals surface area contributed by atoms with Gasteiger partial charge in [-0.1, -0.05) is 17.7 Å². The standard InChI is InChI=1S/C28H42N2O3/c1-22(2)10-17-31-26-8-6-23(7-9-26)18-24-20-29(3)25-19-27(30(24)21-25)11-13-28(14-12-27)32-15-4-5-16-33-28/h6-10,24-25H,4-5,11-21H2,1-3H3/t24-,25-/m0/s1. The molecule has 182 valence electrons. The normalized spacial score (nSPS) is 30.8. The highest BCUT2D eigenvalue weighted by molar-refractivity contribution is 5.28. The summed E-state index contributed by atoms with van der Waals surface area (Å²) in [6, 6.07) is 10.0. The zero-order chi connectivity index (χ0) is 22.9. The van der Waals surface area contributed by atoms with Crippen molar-refractivity contribution in [3.05, 3.63) is 41.5 Å². The Morgan fingerprint density at radius 1 is 1.03 bits per heavy atom. The molecule has 3 atom stereocenters. The van der Waals surface area contributed by atoms with E-state index >= 15 is 0 Å². The lowest BCUT2D eigenvalue weighted by atomic mass is 9.76. The Labute approximate surface area is 200 Å². The second-order valence-electron chi connectivity index (χ2n) is 11.1. The van der Waals surface area contributed by atoms with E-state index in [2.05, 4.69) is 61.0 Å². The number of piperazine rings is 1. The SMILES string of the molecule is CC(C)=CCOc1ccc(C[C@H]2CN(C)[C@@H]3CN2C2(CCC4(CC2)OCCCCO4)C3)cc1. The first-order valence-corrected chi connectivity index (χ1v) is 13.1. The predicted octanol–water partition coefficient (Wildman–Crippen LogP) is 4.80. The Morgan fingerprint density at radius 3 is 2.39 bits per heavy atom. The number of likely N-dealkylation sites (N-methyl/N-ethyl adjacent to an activating group) is 1. The molecule has 0 radical (unpaired) electrons. The minimum absolute atomic E-state index is 0.303. The van der Waals surface area contributed by atoms with E-state index in [9.17, 15) is 0 Å². The Hall–Kier alpha value is -1.40. The van der Waals surface area contributed by atoms with E-state index < -0.39 is 0 Å². The highest BCUT2D eigenvalue weighted by Gasteiger charge is 2.56. The lowest BCUT2D eigenvalue weighted by Gasteiger charge is -2.50. The van der Waals surface area contributed by atoms with E-state index in [0.717, 1.165) is 57.6 Å². The van der Waals surface area contributed by atoms with Crippen molar-refractivity contribution in [3.63, 3.8) is 0 Å². The highest BCUT2D eigenvalue weighted by atomic mass is 16.7. The van der Waals surface area contributed by atoms with Gasteiger partial charge in [0.15, 0.2) is 5.79 Å². The lowest BCUT2D eigenvalue weighted by Crippen LogP contribution is -2.58. The number of fused-ring (bicyclic) bond motifs is 3. The molecule has 33 heavy (non-hydrogen) atoms. The number of nitrogens with zero attached hydrogens (tertiary/aromatic N) is 2. The van der Waals surface area contributed by atoms with Crippen LogP contribution in [0.3, 0.4) is 0 Å². The summed E-state index contributed by atoms with van der Waals surface area (Å²) >= 11 is 0. The van der Waals surface area contributed by atoms with Crippen molar-refractivity contribution in [2.45, 2.75) is 88.6 Å². The first kappa shape index (κ1) is 23.3. The Balaban J connectivity index is 1.25. The highest BCUT2D eigenvalue weighted by Crippen LogP contribution is 2.50. The summed E-state index contributed by atoms with van der Waals surface area (Å²) in [7, 11) is 2.33. The summed E-state index contributed by atoms with van der Waals surface area (Å²) in [6.07, 6.45) is 11.3. The van der Waals surface area contributed by atoms with Crippen molar-refractivity contribution in [1.29, 1.82) is 0 Å². The van der Waals surface area contributed by atoms with Gasteiger partial charge in [0.05, 0.1) is 13.2 Å². The van der Waals surface area contributed by atoms with Crippen LogP contribution >= 0.6 is 0 Å². The summed E-state index contributed by atoms with van der Waals surface area (Å²) in [6.45, 7) is 8.93. The number of benzene rings is 1. The number of allylic oxidation sites excluding steroid dienone is 1. The largest absolute Gasteiger partial charge is 0.490 e. The summed E-state index contributed by atoms with van der Waals surface area (Å²) < 4.78 is 18.4. The van der Waals surface area contributed by atoms with Crippen LogP contribution in [-0.4, -0.2) is 73.2 Å². The molecule has 1 aromatic carbocycles. The monoisotopic (exact) mass is 454 g/mol. The fourth-order valence-electron chi connectivity index (χ4n) is 6.56. The molecule has 1 unspecified atom stereocenters. The summed E-state index contributed by atoms with van der Waals surface area (Å²) in [5, 5.41) is 0. The van der Waals surface area contributed by atoms with Gasteiger partial charge in [-0.2, -0.15) is 0 Å². The van der Waals surface area contributed by atoms with Crippen LogP contribution in [0.1, 0.15) is 64.4 Å². The van der Waals surface area contributed by atoms with Gasteiger partial charge in [-0.15, -0.1) is 0 Å². The van der Waals surface area contributed by atoms with E-state index in [1.165, 1.54) is 36.9 Å². The predicted molar refractivity (Wildman–Crippen MR) is 132 cm³/mol. The minimum atomic E-state index is -0.303. The maximum atomic E-state index is 6.27. The molecule has 3 aliphatic heterocycles. The van der Waals surface area contributed by atoms with E-state index in [0.29, 0.717) is 24.2 Å². The van der Waals surface area contributed by atoms with Crippen LogP contribution in [0.4, 0.5) is 0 Å². The molecule has 0 N–H and O–H groups in total. The topological polar surface area (TPSA) is 34.2 Å². The third-order valence-electron chi connectivity index (χ3n) is 8.54. The van der Waals surface area contributed by atoms with Gasteiger partial charge in [0.2, 0.25) is 0 Å². The molecule has 4 fully saturated rings. The smallest absolute Gasteiger partial charge is 0.168 e. The maximum absolute atomic E-state index is 6.27. The van der Waals surface area contributed by atoms with Crippen molar-refractivity contribution in [1.82, 2.24) is 9.80 Å². The average molecular weight is 455 g/mol. The van der Waals surface area contributed by atoms with Crippen LogP contribution in [0, 0.1) is 0 Å². The molecule has 2 spiro atoms. The molecule has 0 amide bonds. The van der Waals surface area contributed by atoms with Gasteiger partial charge in [-0.3, -0.25) is 4.90 Å². The van der Waals surface area contributed by atoms with Crippen LogP contribution < -0.4 is 4.74 Å². The number of hydrogen-bond acceptors (Lipinski definition) is 5. The van der Waals surface area contributed by atoms with E-state index in [-0.39, 0.29) is 5.79 Å². The molecular formula is C28H42N2O3. The molecule has 5 nitrogen and oxygen atoms in total. The molecule has 4 aliphatic rings. The van der Waals surface area contributed by atoms with Crippen molar-refractivity contribution in [3.8, 4) is 5.75 Å². The summed E-state index contributed by atoms with van der Waals surface area (Å²) in [5.74, 6) is 0.651. The van der Waals surface area contributed by atoms with Crippen LogP contribution in [0.25, 0.3) is 0 Å². The maximum Gasteiger partial charge on any atom is 0.168 e. The van der Waals surface area contributed by atoms with Crippen molar-refractivity contribution in [2.24, 2.45) is 0 Å². The zero-order valence-corrected chi connectivity index (χ0v) is 20.9. The van der Waals surface area contributed by atoms with Gasteiger partial charge in [0.25, 0.3) is 0 Å². The fraction of sp³-hybridized carbons (Fsp3) is 0.714. The Morgan fingerprint density at radius 2 is 1.73 bits per heavy atom. The minimum Gasteiger partial charge on any atom is -0.490 e. The lowest BCUT2D eigenvalue weighted by molar-refractivity contribution is -0.251. The van der Waals surface area contributed by atoms with Crippen LogP contribution in [0.15, 0.2) is 35.9 Å². The summed E-state index contributed by atoms with van der Waals surface area (Å²) in [4.78, 5) is 5.51. The van der Waals surface area contributed by atoms with Crippen molar-refractivity contribution >= 4 is 0 Å². The molecule has 3 saturated heterocycles. The number of ether oxygens (including phenoxy) is 3. The third kappa shape index (κ3) is 5.02. The molecule has 2 bridgehead atoms. The van der Waals surface area contributed by atoms with Gasteiger partial charge in [-0.05, 0) is 83.2 Å². The fourth-order valence-corrected chi connectivity index (χ4v) is 6.56. The first-order chi connectivity index (χ1) is 16.0. The van der Waals surface area contributed by atoms with Gasteiger partial charge in [0.1, 0.15) is 12.4 Å². The third-order valence-corrected chi connectivity index (χ3v) is 8.54. The summed E-state index contributed by atoms with van der Waals surface area (Å²) in [5.41, 5.74) is 3.01. The molecule has 5 rings (SSSR count).